The van der Waals surface area contributed by atoms with E-state index in [9.17, 15) is 13.7 Å². The Balaban J connectivity index is 1.47. The minimum absolute atomic E-state index is 0.148. The van der Waals surface area contributed by atoms with E-state index in [0.717, 1.165) is 50.5 Å². The molecule has 0 radical (unpaired) electrons. The van der Waals surface area contributed by atoms with E-state index >= 15 is 0 Å². The Morgan fingerprint density at radius 2 is 2.09 bits per heavy atom. The lowest BCUT2D eigenvalue weighted by molar-refractivity contribution is 0.0860. The summed E-state index contributed by atoms with van der Waals surface area (Å²) in [6.45, 7) is 8.39. The van der Waals surface area contributed by atoms with E-state index < -0.39 is 6.08 Å². The average molecular weight is 445 g/mol. The Morgan fingerprint density at radius 3 is 2.88 bits per heavy atom. The molecule has 0 amide bonds. The zero-order valence-electron chi connectivity index (χ0n) is 19.0. The third-order valence-electron chi connectivity index (χ3n) is 8.04. The number of rotatable bonds is 4. The molecule has 4 rings (SSSR count). The second kappa shape index (κ2) is 9.82. The van der Waals surface area contributed by atoms with Crippen LogP contribution in [0.4, 0.5) is 8.78 Å². The molecule has 0 aromatic carbocycles. The molecule has 6 heteroatoms. The van der Waals surface area contributed by atoms with E-state index in [-0.39, 0.29) is 23.8 Å². The van der Waals surface area contributed by atoms with Crippen molar-refractivity contribution in [2.75, 3.05) is 26.2 Å². The fourth-order valence-corrected chi connectivity index (χ4v) is 6.11. The Labute approximate surface area is 189 Å². The Hall–Kier alpha value is -2.08. The number of morpholine rings is 1. The molecule has 3 atom stereocenters. The van der Waals surface area contributed by atoms with Gasteiger partial charge in [0.15, 0.2) is 5.76 Å². The first kappa shape index (κ1) is 23.1. The summed E-state index contributed by atoms with van der Waals surface area (Å²) < 4.78 is 30.9. The third-order valence-corrected chi connectivity index (χ3v) is 8.04. The summed E-state index contributed by atoms with van der Waals surface area (Å²) in [7, 11) is 0. The Morgan fingerprint density at radius 1 is 1.25 bits per heavy atom. The lowest BCUT2D eigenvalue weighted by Gasteiger charge is -2.40. The molecule has 0 bridgehead atoms. The Kier molecular flexibility index (Phi) is 7.08. The van der Waals surface area contributed by atoms with Gasteiger partial charge < -0.3 is 4.74 Å². The van der Waals surface area contributed by atoms with Crippen LogP contribution in [0, 0.1) is 16.2 Å². The fourth-order valence-electron chi connectivity index (χ4n) is 6.11. The lowest BCUT2D eigenvalue weighted by Crippen LogP contribution is -2.36. The van der Waals surface area contributed by atoms with Gasteiger partial charge in [-0.3, -0.25) is 4.90 Å². The van der Waals surface area contributed by atoms with Crippen molar-refractivity contribution >= 4 is 0 Å². The maximum atomic E-state index is 12.9. The molecular formula is C26H34F2N2O2. The van der Waals surface area contributed by atoms with Crippen molar-refractivity contribution in [3.63, 3.8) is 0 Å². The van der Waals surface area contributed by atoms with Gasteiger partial charge in [-0.05, 0) is 73.8 Å². The van der Waals surface area contributed by atoms with Crippen molar-refractivity contribution < 1.29 is 13.5 Å². The molecule has 1 heterocycles. The molecule has 3 unspecified atom stereocenters. The third kappa shape index (κ3) is 4.66. The SMILES string of the molecule is C=C1/C(=C\C=C2/CCCC3(C)/C(=C/CN4CCOC(=C(F)F)C4)CCC23)CCCC1N=O. The summed E-state index contributed by atoms with van der Waals surface area (Å²) >= 11 is 0. The summed E-state index contributed by atoms with van der Waals surface area (Å²) in [5.74, 6) is 0.344. The van der Waals surface area contributed by atoms with Crippen molar-refractivity contribution in [3.8, 4) is 0 Å². The van der Waals surface area contributed by atoms with Crippen molar-refractivity contribution in [3.05, 3.63) is 63.8 Å². The number of nitrogens with zero attached hydrogens (tertiary/aromatic N) is 2. The molecule has 0 N–H and O–H groups in total. The standard InChI is InChI=1S/C26H34F2N2O2/c1-18-19(5-3-7-23(18)29-31)8-9-20-6-4-13-26(2)21(10-11-22(20)26)12-14-30-15-16-32-24(17-30)25(27)28/h8-9,12,22-23H,1,3-7,10-11,13-17H2,2H3/b19-8-,20-9+,21-12+. The van der Waals surface area contributed by atoms with Crippen molar-refractivity contribution in [2.45, 2.75) is 64.3 Å². The summed E-state index contributed by atoms with van der Waals surface area (Å²) in [6.07, 6.45) is 13.5. The number of hydrogen-bond donors (Lipinski definition) is 0. The highest BCUT2D eigenvalue weighted by Crippen LogP contribution is 2.57. The molecule has 4 fully saturated rings. The van der Waals surface area contributed by atoms with E-state index in [2.05, 4.69) is 36.9 Å². The maximum Gasteiger partial charge on any atom is 0.308 e. The quantitative estimate of drug-likeness (QED) is 0.359. The number of ether oxygens (including phenoxy) is 1. The fraction of sp³-hybridized carbons (Fsp3) is 0.615. The minimum Gasteiger partial charge on any atom is -0.490 e. The monoisotopic (exact) mass is 444 g/mol. The summed E-state index contributed by atoms with van der Waals surface area (Å²) in [5, 5.41) is 3.25. The first-order valence-corrected chi connectivity index (χ1v) is 11.9. The second-order valence-corrected chi connectivity index (χ2v) is 9.83. The first-order valence-electron chi connectivity index (χ1n) is 11.9. The number of fused-ring (bicyclic) bond motifs is 1. The summed E-state index contributed by atoms with van der Waals surface area (Å²) in [6, 6.07) is -0.271. The zero-order valence-corrected chi connectivity index (χ0v) is 19.0. The van der Waals surface area contributed by atoms with Gasteiger partial charge in [-0.25, -0.2) is 0 Å². The van der Waals surface area contributed by atoms with Gasteiger partial charge in [-0.1, -0.05) is 48.1 Å². The number of allylic oxidation sites excluding steroid dienone is 4. The van der Waals surface area contributed by atoms with Gasteiger partial charge in [0.1, 0.15) is 12.6 Å². The Bertz CT molecular complexity index is 884. The summed E-state index contributed by atoms with van der Waals surface area (Å²) in [4.78, 5) is 13.1. The van der Waals surface area contributed by atoms with Crippen molar-refractivity contribution in [1.29, 1.82) is 0 Å². The normalized spacial score (nSPS) is 35.3. The second-order valence-electron chi connectivity index (χ2n) is 9.83. The van der Waals surface area contributed by atoms with Gasteiger partial charge in [0.2, 0.25) is 0 Å². The average Bonchev–Trinajstić information content (AvgIpc) is 3.13. The van der Waals surface area contributed by atoms with Gasteiger partial charge in [-0.2, -0.15) is 13.7 Å². The van der Waals surface area contributed by atoms with Gasteiger partial charge in [-0.15, -0.1) is 0 Å². The minimum atomic E-state index is -1.71. The van der Waals surface area contributed by atoms with Crippen LogP contribution in [0.15, 0.2) is 64.1 Å². The highest BCUT2D eigenvalue weighted by atomic mass is 19.3. The molecule has 1 aliphatic heterocycles. The van der Waals surface area contributed by atoms with Crippen LogP contribution in [0.1, 0.15) is 58.3 Å². The molecule has 3 aliphatic carbocycles. The predicted octanol–water partition coefficient (Wildman–Crippen LogP) is 6.68. The van der Waals surface area contributed by atoms with Crippen molar-refractivity contribution in [1.82, 2.24) is 4.90 Å². The van der Waals surface area contributed by atoms with Gasteiger partial charge in [0.05, 0.1) is 6.54 Å². The topological polar surface area (TPSA) is 41.9 Å². The van der Waals surface area contributed by atoms with Crippen LogP contribution in [0.3, 0.4) is 0 Å². The highest BCUT2D eigenvalue weighted by molar-refractivity contribution is 5.40. The van der Waals surface area contributed by atoms with Gasteiger partial charge in [0, 0.05) is 13.1 Å². The molecular weight excluding hydrogens is 410 g/mol. The number of halogens is 2. The van der Waals surface area contributed by atoms with Crippen LogP contribution in [-0.2, 0) is 4.74 Å². The molecule has 3 saturated carbocycles. The lowest BCUT2D eigenvalue weighted by atomic mass is 9.65. The molecule has 0 spiro atoms. The smallest absolute Gasteiger partial charge is 0.308 e. The predicted molar refractivity (Wildman–Crippen MR) is 123 cm³/mol. The van der Waals surface area contributed by atoms with E-state index in [1.165, 1.54) is 23.1 Å². The first-order chi connectivity index (χ1) is 15.4. The largest absolute Gasteiger partial charge is 0.490 e. The molecule has 4 nitrogen and oxygen atoms in total. The molecule has 4 aliphatic rings. The van der Waals surface area contributed by atoms with Crippen LogP contribution in [0.25, 0.3) is 0 Å². The van der Waals surface area contributed by atoms with Crippen molar-refractivity contribution in [2.24, 2.45) is 16.5 Å². The highest BCUT2D eigenvalue weighted by Gasteiger charge is 2.45. The van der Waals surface area contributed by atoms with E-state index in [4.69, 9.17) is 4.74 Å². The molecule has 32 heavy (non-hydrogen) atoms. The van der Waals surface area contributed by atoms with E-state index in [1.54, 1.807) is 0 Å². The molecule has 0 aromatic heterocycles. The molecule has 1 saturated heterocycles. The van der Waals surface area contributed by atoms with E-state index in [1.807, 2.05) is 4.90 Å². The van der Waals surface area contributed by atoms with E-state index in [0.29, 0.717) is 25.6 Å². The van der Waals surface area contributed by atoms with Crippen LogP contribution in [0.2, 0.25) is 0 Å². The van der Waals surface area contributed by atoms with Gasteiger partial charge >= 0.3 is 6.08 Å². The van der Waals surface area contributed by atoms with Crippen LogP contribution in [0.5, 0.6) is 0 Å². The number of hydrogen-bond acceptors (Lipinski definition) is 4. The summed E-state index contributed by atoms with van der Waals surface area (Å²) in [5.41, 5.74) is 5.18. The van der Waals surface area contributed by atoms with Crippen LogP contribution in [-0.4, -0.2) is 37.2 Å². The number of nitroso groups, excluding NO2 is 1. The zero-order chi connectivity index (χ0) is 22.7. The molecule has 0 aromatic rings. The maximum absolute atomic E-state index is 12.9. The molecule has 174 valence electrons. The van der Waals surface area contributed by atoms with Gasteiger partial charge in [0.25, 0.3) is 0 Å². The van der Waals surface area contributed by atoms with Crippen LogP contribution < -0.4 is 0 Å². The van der Waals surface area contributed by atoms with Crippen LogP contribution >= 0.6 is 0 Å².